The van der Waals surface area contributed by atoms with Crippen molar-refractivity contribution in [2.45, 2.75) is 19.6 Å². The highest BCUT2D eigenvalue weighted by Gasteiger charge is 2.20. The van der Waals surface area contributed by atoms with E-state index >= 15 is 0 Å². The maximum Gasteiger partial charge on any atom is 0.328 e. The molecule has 0 bridgehead atoms. The van der Waals surface area contributed by atoms with Gasteiger partial charge in [0.15, 0.2) is 22.9 Å². The molecule has 1 atom stereocenters. The summed E-state index contributed by atoms with van der Waals surface area (Å²) in [6.45, 7) is 0.719. The smallest absolute Gasteiger partial charge is 0.328 e. The highest BCUT2D eigenvalue weighted by molar-refractivity contribution is 7.14. The third-order valence-corrected chi connectivity index (χ3v) is 5.56. The van der Waals surface area contributed by atoms with Crippen LogP contribution in [0.15, 0.2) is 57.4 Å². The van der Waals surface area contributed by atoms with Crippen molar-refractivity contribution in [2.75, 3.05) is 5.32 Å². The van der Waals surface area contributed by atoms with Crippen LogP contribution in [-0.2, 0) is 20.9 Å². The molecule has 1 unspecified atom stereocenters. The summed E-state index contributed by atoms with van der Waals surface area (Å²) in [6.07, 6.45) is -1.24. The van der Waals surface area contributed by atoms with E-state index in [0.717, 1.165) is 28.2 Å². The molecule has 2 heterocycles. The first-order chi connectivity index (χ1) is 16.2. The molecule has 0 fully saturated rings. The quantitative estimate of drug-likeness (QED) is 0.404. The molecule has 174 valence electrons. The van der Waals surface area contributed by atoms with Crippen LogP contribution in [0.3, 0.4) is 0 Å². The van der Waals surface area contributed by atoms with Crippen molar-refractivity contribution in [3.8, 4) is 11.3 Å². The molecule has 0 saturated carbocycles. The van der Waals surface area contributed by atoms with Gasteiger partial charge in [-0.25, -0.2) is 18.4 Å². The SMILES string of the molecule is CC(OC(=O)Cn1[nH]c(=O)c2ccccc2c1=O)C(=O)Nc1nc(-c2ccc(F)c(F)c2)cs1. The van der Waals surface area contributed by atoms with E-state index in [2.05, 4.69) is 15.4 Å². The third-order valence-electron chi connectivity index (χ3n) is 4.80. The molecule has 34 heavy (non-hydrogen) atoms. The fourth-order valence-electron chi connectivity index (χ4n) is 3.10. The zero-order chi connectivity index (χ0) is 24.4. The van der Waals surface area contributed by atoms with E-state index in [1.807, 2.05) is 0 Å². The summed E-state index contributed by atoms with van der Waals surface area (Å²) < 4.78 is 32.4. The Morgan fingerprint density at radius 2 is 1.88 bits per heavy atom. The predicted molar refractivity (Wildman–Crippen MR) is 120 cm³/mol. The number of nitrogens with one attached hydrogen (secondary N) is 2. The molecular weight excluding hydrogens is 470 g/mol. The minimum absolute atomic E-state index is 0.144. The Morgan fingerprint density at radius 3 is 2.62 bits per heavy atom. The zero-order valence-electron chi connectivity index (χ0n) is 17.5. The van der Waals surface area contributed by atoms with E-state index in [-0.39, 0.29) is 15.9 Å². The molecule has 4 rings (SSSR count). The Bertz CT molecular complexity index is 1530. The summed E-state index contributed by atoms with van der Waals surface area (Å²) in [5.41, 5.74) is -0.486. The molecule has 2 aromatic carbocycles. The maximum absolute atomic E-state index is 13.4. The number of aromatic amines is 1. The second kappa shape index (κ2) is 9.35. The third kappa shape index (κ3) is 4.76. The lowest BCUT2D eigenvalue weighted by Crippen LogP contribution is -2.35. The molecule has 0 saturated heterocycles. The van der Waals surface area contributed by atoms with E-state index in [1.54, 1.807) is 17.5 Å². The summed E-state index contributed by atoms with van der Waals surface area (Å²) in [6, 6.07) is 9.46. The average Bonchev–Trinajstić information content (AvgIpc) is 3.27. The van der Waals surface area contributed by atoms with Crippen molar-refractivity contribution >= 4 is 39.1 Å². The number of benzene rings is 2. The number of carbonyl (C=O) groups excluding carboxylic acids is 2. The number of rotatable bonds is 6. The van der Waals surface area contributed by atoms with Gasteiger partial charge in [-0.3, -0.25) is 29.6 Å². The molecule has 0 radical (unpaired) electrons. The van der Waals surface area contributed by atoms with Gasteiger partial charge in [0.25, 0.3) is 17.0 Å². The Labute approximate surface area is 193 Å². The van der Waals surface area contributed by atoms with E-state index in [1.165, 1.54) is 25.1 Å². The molecule has 1 amide bonds. The van der Waals surface area contributed by atoms with Crippen LogP contribution in [0.1, 0.15) is 6.92 Å². The van der Waals surface area contributed by atoms with Gasteiger partial charge in [-0.05, 0) is 37.3 Å². The van der Waals surface area contributed by atoms with Crippen LogP contribution in [0.5, 0.6) is 0 Å². The van der Waals surface area contributed by atoms with Gasteiger partial charge >= 0.3 is 5.97 Å². The molecule has 0 aliphatic carbocycles. The van der Waals surface area contributed by atoms with Crippen LogP contribution < -0.4 is 16.4 Å². The fourth-order valence-corrected chi connectivity index (χ4v) is 3.82. The van der Waals surface area contributed by atoms with Crippen LogP contribution >= 0.6 is 11.3 Å². The molecule has 2 aromatic heterocycles. The minimum Gasteiger partial charge on any atom is -0.451 e. The van der Waals surface area contributed by atoms with Crippen molar-refractivity contribution in [1.82, 2.24) is 14.8 Å². The molecule has 9 nitrogen and oxygen atoms in total. The summed E-state index contributed by atoms with van der Waals surface area (Å²) in [4.78, 5) is 53.4. The number of esters is 1. The Balaban J connectivity index is 1.40. The van der Waals surface area contributed by atoms with E-state index in [0.29, 0.717) is 11.3 Å². The number of H-pyrrole nitrogens is 1. The number of ether oxygens (including phenoxy) is 1. The van der Waals surface area contributed by atoms with Gasteiger partial charge in [0.05, 0.1) is 16.5 Å². The van der Waals surface area contributed by atoms with Crippen molar-refractivity contribution in [1.29, 1.82) is 0 Å². The minimum atomic E-state index is -1.24. The number of anilines is 1. The van der Waals surface area contributed by atoms with Crippen LogP contribution in [0.4, 0.5) is 13.9 Å². The Kier molecular flexibility index (Phi) is 6.32. The number of hydrogen-bond donors (Lipinski definition) is 2. The van der Waals surface area contributed by atoms with Gasteiger partial charge in [-0.2, -0.15) is 0 Å². The number of amides is 1. The second-order valence-electron chi connectivity index (χ2n) is 7.17. The molecular formula is C22H16F2N4O5S. The largest absolute Gasteiger partial charge is 0.451 e. The van der Waals surface area contributed by atoms with E-state index in [4.69, 9.17) is 4.74 Å². The highest BCUT2D eigenvalue weighted by Crippen LogP contribution is 2.26. The highest BCUT2D eigenvalue weighted by atomic mass is 32.1. The monoisotopic (exact) mass is 486 g/mol. The molecule has 0 aliphatic heterocycles. The van der Waals surface area contributed by atoms with Crippen molar-refractivity contribution < 1.29 is 23.1 Å². The van der Waals surface area contributed by atoms with Gasteiger partial charge in [0.2, 0.25) is 0 Å². The van der Waals surface area contributed by atoms with Gasteiger partial charge in [0, 0.05) is 10.9 Å². The lowest BCUT2D eigenvalue weighted by atomic mass is 10.2. The summed E-state index contributed by atoms with van der Waals surface area (Å²) in [5, 5.41) is 6.81. The summed E-state index contributed by atoms with van der Waals surface area (Å²) in [7, 11) is 0. The predicted octanol–water partition coefficient (Wildman–Crippen LogP) is 2.66. The number of halogens is 2. The lowest BCUT2D eigenvalue weighted by molar-refractivity contribution is -0.154. The van der Waals surface area contributed by atoms with Crippen LogP contribution in [0.2, 0.25) is 0 Å². The molecule has 0 spiro atoms. The molecule has 0 aliphatic rings. The van der Waals surface area contributed by atoms with Crippen molar-refractivity contribution in [3.63, 3.8) is 0 Å². The second-order valence-corrected chi connectivity index (χ2v) is 8.02. The van der Waals surface area contributed by atoms with Crippen LogP contribution in [-0.4, -0.2) is 32.7 Å². The first-order valence-electron chi connectivity index (χ1n) is 9.86. The Hall–Kier alpha value is -4.19. The van der Waals surface area contributed by atoms with Crippen LogP contribution in [0, 0.1) is 11.6 Å². The summed E-state index contributed by atoms with van der Waals surface area (Å²) >= 11 is 1.04. The summed E-state index contributed by atoms with van der Waals surface area (Å²) in [5.74, 6) is -3.63. The van der Waals surface area contributed by atoms with Gasteiger partial charge in [-0.15, -0.1) is 11.3 Å². The Morgan fingerprint density at radius 1 is 1.15 bits per heavy atom. The van der Waals surface area contributed by atoms with Crippen LogP contribution in [0.25, 0.3) is 22.0 Å². The molecule has 4 aromatic rings. The van der Waals surface area contributed by atoms with E-state index in [9.17, 15) is 28.0 Å². The van der Waals surface area contributed by atoms with Gasteiger partial charge in [-0.1, -0.05) is 12.1 Å². The number of hydrogen-bond acceptors (Lipinski definition) is 7. The molecule has 2 N–H and O–H groups in total. The number of thiazole rings is 1. The van der Waals surface area contributed by atoms with Gasteiger partial charge in [0.1, 0.15) is 6.54 Å². The van der Waals surface area contributed by atoms with E-state index < -0.39 is 47.3 Å². The number of fused-ring (bicyclic) bond motifs is 1. The average molecular weight is 486 g/mol. The standard InChI is InChI=1S/C22H16F2N4O5S/c1-11(19(30)26-22-25-17(10-34-22)12-6-7-15(23)16(24)8-12)33-18(29)9-28-21(32)14-5-3-2-4-13(14)20(31)27-28/h2-8,10-11H,9H2,1H3,(H,27,31)(H,25,26,30). The first-order valence-corrected chi connectivity index (χ1v) is 10.7. The lowest BCUT2D eigenvalue weighted by Gasteiger charge is -2.13. The number of nitrogens with zero attached hydrogens (tertiary/aromatic N) is 2. The number of aromatic nitrogens is 3. The van der Waals surface area contributed by atoms with Crippen molar-refractivity contribution in [3.05, 3.63) is 80.2 Å². The zero-order valence-corrected chi connectivity index (χ0v) is 18.3. The number of carbonyl (C=O) groups is 2. The van der Waals surface area contributed by atoms with Gasteiger partial charge < -0.3 is 4.74 Å². The normalized spacial score (nSPS) is 11.9. The van der Waals surface area contributed by atoms with Crippen molar-refractivity contribution in [2.24, 2.45) is 0 Å². The molecule has 12 heteroatoms. The first kappa shape index (κ1) is 23.0. The maximum atomic E-state index is 13.4. The topological polar surface area (TPSA) is 123 Å². The fraction of sp³-hybridized carbons (Fsp3) is 0.136.